The molecule has 0 aliphatic heterocycles. The molecule has 21 heavy (non-hydrogen) atoms. The maximum absolute atomic E-state index is 6.16. The molecule has 0 unspecified atom stereocenters. The van der Waals surface area contributed by atoms with Crippen LogP contribution in [0.1, 0.15) is 18.3 Å². The van der Waals surface area contributed by atoms with E-state index in [1.54, 1.807) is 11.0 Å². The first-order chi connectivity index (χ1) is 10.2. The molecule has 2 heterocycles. The summed E-state index contributed by atoms with van der Waals surface area (Å²) in [7, 11) is 1.90. The van der Waals surface area contributed by atoms with Crippen LogP contribution in [0.2, 0.25) is 5.02 Å². The fraction of sp³-hybridized carbons (Fsp3) is 0.333. The van der Waals surface area contributed by atoms with E-state index < -0.39 is 0 Å². The lowest BCUT2D eigenvalue weighted by Crippen LogP contribution is -2.11. The van der Waals surface area contributed by atoms with Gasteiger partial charge in [-0.2, -0.15) is 5.10 Å². The Bertz CT molecular complexity index is 759. The zero-order valence-corrected chi connectivity index (χ0v) is 12.9. The molecular formula is C15H18ClN5. The molecule has 1 N–H and O–H groups in total. The molecule has 0 amide bonds. The van der Waals surface area contributed by atoms with Crippen molar-refractivity contribution >= 4 is 22.5 Å². The molecule has 0 aliphatic carbocycles. The number of hydrogen-bond acceptors (Lipinski definition) is 3. The van der Waals surface area contributed by atoms with Gasteiger partial charge in [-0.05, 0) is 24.2 Å². The fourth-order valence-corrected chi connectivity index (χ4v) is 2.65. The van der Waals surface area contributed by atoms with Crippen molar-refractivity contribution in [3.63, 3.8) is 0 Å². The molecule has 3 rings (SSSR count). The zero-order chi connectivity index (χ0) is 14.8. The molecule has 5 nitrogen and oxygen atoms in total. The molecule has 0 saturated carbocycles. The first-order valence-electron chi connectivity index (χ1n) is 7.00. The minimum absolute atomic E-state index is 0.680. The summed E-state index contributed by atoms with van der Waals surface area (Å²) in [6.45, 7) is 4.58. The Morgan fingerprint density at radius 3 is 2.90 bits per heavy atom. The lowest BCUT2D eigenvalue weighted by molar-refractivity contribution is 0.661. The highest BCUT2D eigenvalue weighted by Crippen LogP contribution is 2.25. The normalized spacial score (nSPS) is 11.4. The second-order valence-corrected chi connectivity index (χ2v) is 5.46. The molecule has 0 fully saturated rings. The average molecular weight is 304 g/mol. The minimum Gasteiger partial charge on any atom is -0.339 e. The standard InChI is InChI=1S/C15H18ClN5/c1-3-17-7-11-8-21(9-15-18-10-19-20(15)2)14-6-12(16)4-5-13(11)14/h4-6,8,10,17H,3,7,9H2,1-2H3. The summed E-state index contributed by atoms with van der Waals surface area (Å²) in [5.41, 5.74) is 2.39. The van der Waals surface area contributed by atoms with Crippen molar-refractivity contribution in [1.29, 1.82) is 0 Å². The number of fused-ring (bicyclic) bond motifs is 1. The Balaban J connectivity index is 2.04. The largest absolute Gasteiger partial charge is 0.339 e. The Morgan fingerprint density at radius 2 is 2.19 bits per heavy atom. The summed E-state index contributed by atoms with van der Waals surface area (Å²) in [6, 6.07) is 6.02. The molecule has 2 aromatic heterocycles. The summed E-state index contributed by atoms with van der Waals surface area (Å²) in [5, 5.41) is 9.47. The lowest BCUT2D eigenvalue weighted by Gasteiger charge is -2.04. The van der Waals surface area contributed by atoms with Gasteiger partial charge in [-0.1, -0.05) is 24.6 Å². The van der Waals surface area contributed by atoms with Crippen LogP contribution >= 0.6 is 11.6 Å². The van der Waals surface area contributed by atoms with Crippen LogP contribution in [0.3, 0.4) is 0 Å². The molecule has 110 valence electrons. The van der Waals surface area contributed by atoms with Gasteiger partial charge in [0.2, 0.25) is 0 Å². The van der Waals surface area contributed by atoms with E-state index in [1.807, 2.05) is 19.2 Å². The SMILES string of the molecule is CCNCc1cn(Cc2ncnn2C)c2cc(Cl)ccc12. The van der Waals surface area contributed by atoms with Gasteiger partial charge >= 0.3 is 0 Å². The minimum atomic E-state index is 0.680. The van der Waals surface area contributed by atoms with Crippen LogP contribution in [0.4, 0.5) is 0 Å². The summed E-state index contributed by atoms with van der Waals surface area (Å²) in [4.78, 5) is 4.29. The molecule has 0 radical (unpaired) electrons. The van der Waals surface area contributed by atoms with E-state index >= 15 is 0 Å². The number of halogens is 1. The summed E-state index contributed by atoms with van der Waals surface area (Å²) in [6.07, 6.45) is 3.74. The van der Waals surface area contributed by atoms with Crippen LogP contribution in [0.15, 0.2) is 30.7 Å². The molecule has 0 bridgehead atoms. The molecule has 0 atom stereocenters. The maximum Gasteiger partial charge on any atom is 0.146 e. The number of benzene rings is 1. The van der Waals surface area contributed by atoms with Gasteiger partial charge in [0.25, 0.3) is 0 Å². The summed E-state index contributed by atoms with van der Waals surface area (Å²) >= 11 is 6.16. The first-order valence-corrected chi connectivity index (χ1v) is 7.37. The highest BCUT2D eigenvalue weighted by Gasteiger charge is 2.11. The maximum atomic E-state index is 6.16. The number of rotatable bonds is 5. The molecule has 6 heteroatoms. The Hall–Kier alpha value is -1.85. The second kappa shape index (κ2) is 5.87. The number of nitrogens with zero attached hydrogens (tertiary/aromatic N) is 4. The van der Waals surface area contributed by atoms with Crippen molar-refractivity contribution in [2.75, 3.05) is 6.54 Å². The lowest BCUT2D eigenvalue weighted by atomic mass is 10.2. The van der Waals surface area contributed by atoms with E-state index in [9.17, 15) is 0 Å². The van der Waals surface area contributed by atoms with Crippen molar-refractivity contribution in [3.05, 3.63) is 47.1 Å². The topological polar surface area (TPSA) is 47.7 Å². The van der Waals surface area contributed by atoms with Crippen LogP contribution in [0.25, 0.3) is 10.9 Å². The Morgan fingerprint density at radius 1 is 1.33 bits per heavy atom. The molecular weight excluding hydrogens is 286 g/mol. The van der Waals surface area contributed by atoms with Gasteiger partial charge in [0.15, 0.2) is 0 Å². The Kier molecular flexibility index (Phi) is 3.94. The third kappa shape index (κ3) is 2.80. The van der Waals surface area contributed by atoms with Gasteiger partial charge in [-0.3, -0.25) is 4.68 Å². The van der Waals surface area contributed by atoms with E-state index in [1.165, 1.54) is 10.9 Å². The van der Waals surface area contributed by atoms with E-state index in [4.69, 9.17) is 11.6 Å². The predicted octanol–water partition coefficient (Wildman–Crippen LogP) is 2.58. The highest BCUT2D eigenvalue weighted by molar-refractivity contribution is 6.31. The molecule has 0 saturated heterocycles. The zero-order valence-electron chi connectivity index (χ0n) is 12.2. The van der Waals surface area contributed by atoms with Crippen LogP contribution in [-0.2, 0) is 20.1 Å². The first kappa shape index (κ1) is 14.1. The van der Waals surface area contributed by atoms with E-state index in [0.29, 0.717) is 6.54 Å². The number of nitrogens with one attached hydrogen (secondary N) is 1. The third-order valence-electron chi connectivity index (χ3n) is 3.61. The van der Waals surface area contributed by atoms with Crippen molar-refractivity contribution in [2.45, 2.75) is 20.0 Å². The van der Waals surface area contributed by atoms with Crippen molar-refractivity contribution < 1.29 is 0 Å². The van der Waals surface area contributed by atoms with Gasteiger partial charge in [-0.25, -0.2) is 4.98 Å². The molecule has 3 aromatic rings. The number of aromatic nitrogens is 4. The van der Waals surface area contributed by atoms with Gasteiger partial charge in [0.1, 0.15) is 12.2 Å². The third-order valence-corrected chi connectivity index (χ3v) is 3.84. The van der Waals surface area contributed by atoms with E-state index in [0.717, 1.165) is 29.5 Å². The average Bonchev–Trinajstić information content (AvgIpc) is 3.02. The van der Waals surface area contributed by atoms with Crippen LogP contribution in [0, 0.1) is 0 Å². The molecule has 1 aromatic carbocycles. The number of hydrogen-bond donors (Lipinski definition) is 1. The highest BCUT2D eigenvalue weighted by atomic mass is 35.5. The van der Waals surface area contributed by atoms with Crippen molar-refractivity contribution in [2.24, 2.45) is 7.05 Å². The predicted molar refractivity (Wildman–Crippen MR) is 84.4 cm³/mol. The van der Waals surface area contributed by atoms with Crippen LogP contribution in [-0.4, -0.2) is 25.9 Å². The van der Waals surface area contributed by atoms with Crippen molar-refractivity contribution in [3.8, 4) is 0 Å². The number of aryl methyl sites for hydroxylation is 1. The van der Waals surface area contributed by atoms with Gasteiger partial charge in [0.05, 0.1) is 12.1 Å². The van der Waals surface area contributed by atoms with Crippen LogP contribution in [0.5, 0.6) is 0 Å². The second-order valence-electron chi connectivity index (χ2n) is 5.02. The van der Waals surface area contributed by atoms with Gasteiger partial charge < -0.3 is 9.88 Å². The smallest absolute Gasteiger partial charge is 0.146 e. The monoisotopic (exact) mass is 303 g/mol. The molecule has 0 spiro atoms. The molecule has 0 aliphatic rings. The Labute approximate surface area is 128 Å². The fourth-order valence-electron chi connectivity index (χ4n) is 2.49. The van der Waals surface area contributed by atoms with Crippen molar-refractivity contribution in [1.82, 2.24) is 24.6 Å². The van der Waals surface area contributed by atoms with Gasteiger partial charge in [-0.15, -0.1) is 0 Å². The van der Waals surface area contributed by atoms with E-state index in [-0.39, 0.29) is 0 Å². The quantitative estimate of drug-likeness (QED) is 0.788. The van der Waals surface area contributed by atoms with Gasteiger partial charge in [0, 0.05) is 30.2 Å². The summed E-state index contributed by atoms with van der Waals surface area (Å²) < 4.78 is 3.97. The van der Waals surface area contributed by atoms with Crippen LogP contribution < -0.4 is 5.32 Å². The summed E-state index contributed by atoms with van der Waals surface area (Å²) in [5.74, 6) is 0.918. The van der Waals surface area contributed by atoms with E-state index in [2.05, 4.69) is 39.2 Å².